The number of carbonyl (C=O) groups excluding carboxylic acids is 1. The SMILES string of the molecule is CCN(CC)c1ccc(Nc2ccc(C(=O)N3CCC(C)CC3)cn2)c(C)c1. The smallest absolute Gasteiger partial charge is 0.255 e. The number of aromatic nitrogens is 1. The van der Waals surface area contributed by atoms with Gasteiger partial charge in [-0.15, -0.1) is 0 Å². The maximum atomic E-state index is 12.6. The summed E-state index contributed by atoms with van der Waals surface area (Å²) in [5.41, 5.74) is 4.10. The van der Waals surface area contributed by atoms with Crippen LogP contribution >= 0.6 is 0 Å². The number of pyridine rings is 1. The van der Waals surface area contributed by atoms with Crippen molar-refractivity contribution in [3.05, 3.63) is 47.7 Å². The first kappa shape index (κ1) is 20.2. The van der Waals surface area contributed by atoms with Crippen LogP contribution < -0.4 is 10.2 Å². The molecular formula is C23H32N4O. The predicted octanol–water partition coefficient (Wildman–Crippen LogP) is 4.85. The van der Waals surface area contributed by atoms with Crippen LogP contribution in [0.1, 0.15) is 49.5 Å². The van der Waals surface area contributed by atoms with E-state index in [1.54, 1.807) is 6.20 Å². The second-order valence-electron chi connectivity index (χ2n) is 7.70. The molecule has 2 heterocycles. The van der Waals surface area contributed by atoms with Crippen molar-refractivity contribution in [2.24, 2.45) is 5.92 Å². The Bertz CT molecular complexity index is 791. The predicted molar refractivity (Wildman–Crippen MR) is 117 cm³/mol. The van der Waals surface area contributed by atoms with Crippen molar-refractivity contribution in [3.63, 3.8) is 0 Å². The Kier molecular flexibility index (Phi) is 6.55. The van der Waals surface area contributed by atoms with Crippen LogP contribution in [0.5, 0.6) is 0 Å². The van der Waals surface area contributed by atoms with E-state index in [1.165, 1.54) is 11.3 Å². The molecule has 0 spiro atoms. The van der Waals surface area contributed by atoms with Crippen LogP contribution in [0.4, 0.5) is 17.2 Å². The van der Waals surface area contributed by atoms with Gasteiger partial charge in [0.15, 0.2) is 0 Å². The number of rotatable bonds is 6. The summed E-state index contributed by atoms with van der Waals surface area (Å²) in [7, 11) is 0. The maximum Gasteiger partial charge on any atom is 0.255 e. The van der Waals surface area contributed by atoms with Crippen LogP contribution in [-0.4, -0.2) is 42.0 Å². The standard InChI is InChI=1S/C23H32N4O/c1-5-26(6-2)20-8-9-21(18(4)15-20)25-22-10-7-19(16-24-22)23(28)27-13-11-17(3)12-14-27/h7-10,15-17H,5-6,11-14H2,1-4H3,(H,24,25). The highest BCUT2D eigenvalue weighted by atomic mass is 16.2. The fourth-order valence-electron chi connectivity index (χ4n) is 3.70. The van der Waals surface area contributed by atoms with Crippen molar-refractivity contribution in [1.82, 2.24) is 9.88 Å². The summed E-state index contributed by atoms with van der Waals surface area (Å²) in [5.74, 6) is 1.55. The number of aryl methyl sites for hydroxylation is 1. The van der Waals surface area contributed by atoms with E-state index in [0.717, 1.165) is 50.5 Å². The van der Waals surface area contributed by atoms with E-state index in [9.17, 15) is 4.79 Å². The van der Waals surface area contributed by atoms with E-state index < -0.39 is 0 Å². The third-order valence-corrected chi connectivity index (χ3v) is 5.68. The number of hydrogen-bond acceptors (Lipinski definition) is 4. The topological polar surface area (TPSA) is 48.5 Å². The van der Waals surface area contributed by atoms with Gasteiger partial charge in [0.2, 0.25) is 0 Å². The Balaban J connectivity index is 1.66. The molecule has 2 aromatic rings. The van der Waals surface area contributed by atoms with Gasteiger partial charge in [-0.1, -0.05) is 6.92 Å². The summed E-state index contributed by atoms with van der Waals surface area (Å²) in [6, 6.07) is 10.2. The molecule has 1 fully saturated rings. The molecule has 0 bridgehead atoms. The molecule has 5 nitrogen and oxygen atoms in total. The quantitative estimate of drug-likeness (QED) is 0.778. The first-order valence-electron chi connectivity index (χ1n) is 10.4. The number of carbonyl (C=O) groups is 1. The van der Waals surface area contributed by atoms with Gasteiger partial charge >= 0.3 is 0 Å². The molecule has 5 heteroatoms. The van der Waals surface area contributed by atoms with Crippen LogP contribution in [-0.2, 0) is 0 Å². The van der Waals surface area contributed by atoms with Crippen molar-refractivity contribution < 1.29 is 4.79 Å². The van der Waals surface area contributed by atoms with Gasteiger partial charge in [-0.2, -0.15) is 0 Å². The number of hydrogen-bond donors (Lipinski definition) is 1. The second kappa shape index (κ2) is 9.09. The minimum Gasteiger partial charge on any atom is -0.372 e. The molecule has 0 unspecified atom stereocenters. The first-order chi connectivity index (χ1) is 13.5. The molecule has 1 amide bonds. The zero-order valence-electron chi connectivity index (χ0n) is 17.5. The average molecular weight is 381 g/mol. The lowest BCUT2D eigenvalue weighted by Gasteiger charge is -2.30. The lowest BCUT2D eigenvalue weighted by Crippen LogP contribution is -2.37. The molecular weight excluding hydrogens is 348 g/mol. The Hall–Kier alpha value is -2.56. The number of anilines is 3. The number of amides is 1. The van der Waals surface area contributed by atoms with Gasteiger partial charge in [0.25, 0.3) is 5.91 Å². The molecule has 0 saturated carbocycles. The van der Waals surface area contributed by atoms with Crippen LogP contribution in [0.2, 0.25) is 0 Å². The van der Waals surface area contributed by atoms with Crippen LogP contribution in [0.25, 0.3) is 0 Å². The van der Waals surface area contributed by atoms with E-state index in [2.05, 4.69) is 61.1 Å². The lowest BCUT2D eigenvalue weighted by molar-refractivity contribution is 0.0697. The number of piperidine rings is 1. The Morgan fingerprint density at radius 3 is 2.46 bits per heavy atom. The monoisotopic (exact) mass is 380 g/mol. The van der Waals surface area contributed by atoms with E-state index in [-0.39, 0.29) is 5.91 Å². The molecule has 1 aliphatic heterocycles. The van der Waals surface area contributed by atoms with E-state index in [0.29, 0.717) is 11.5 Å². The van der Waals surface area contributed by atoms with Crippen molar-refractivity contribution in [2.75, 3.05) is 36.4 Å². The number of nitrogens with one attached hydrogen (secondary N) is 1. The van der Waals surface area contributed by atoms with Gasteiger partial charge < -0.3 is 15.1 Å². The minimum absolute atomic E-state index is 0.0886. The molecule has 0 aliphatic carbocycles. The molecule has 0 radical (unpaired) electrons. The van der Waals surface area contributed by atoms with Gasteiger partial charge in [0, 0.05) is 43.8 Å². The largest absolute Gasteiger partial charge is 0.372 e. The number of nitrogens with zero attached hydrogens (tertiary/aromatic N) is 3. The highest BCUT2D eigenvalue weighted by molar-refractivity contribution is 5.94. The molecule has 150 valence electrons. The van der Waals surface area contributed by atoms with Gasteiger partial charge in [0.1, 0.15) is 5.82 Å². The van der Waals surface area contributed by atoms with Crippen molar-refractivity contribution in [2.45, 2.75) is 40.5 Å². The number of likely N-dealkylation sites (tertiary alicyclic amines) is 1. The van der Waals surface area contributed by atoms with E-state index >= 15 is 0 Å². The zero-order chi connectivity index (χ0) is 20.1. The zero-order valence-corrected chi connectivity index (χ0v) is 17.5. The normalized spacial score (nSPS) is 14.8. The third kappa shape index (κ3) is 4.64. The second-order valence-corrected chi connectivity index (χ2v) is 7.70. The molecule has 0 atom stereocenters. The Morgan fingerprint density at radius 2 is 1.89 bits per heavy atom. The van der Waals surface area contributed by atoms with Gasteiger partial charge in [-0.3, -0.25) is 4.79 Å². The highest BCUT2D eigenvalue weighted by Crippen LogP contribution is 2.25. The lowest BCUT2D eigenvalue weighted by atomic mass is 9.99. The summed E-state index contributed by atoms with van der Waals surface area (Å²) in [6.07, 6.45) is 3.85. The molecule has 3 rings (SSSR count). The molecule has 1 N–H and O–H groups in total. The van der Waals surface area contributed by atoms with Crippen LogP contribution in [0.15, 0.2) is 36.5 Å². The molecule has 1 aromatic carbocycles. The van der Waals surface area contributed by atoms with Gasteiger partial charge in [0.05, 0.1) is 5.56 Å². The summed E-state index contributed by atoms with van der Waals surface area (Å²) in [5, 5.41) is 3.37. The van der Waals surface area contributed by atoms with Crippen molar-refractivity contribution >= 4 is 23.1 Å². The van der Waals surface area contributed by atoms with Crippen molar-refractivity contribution in [1.29, 1.82) is 0 Å². The Labute approximate surface area is 168 Å². The number of benzene rings is 1. The summed E-state index contributed by atoms with van der Waals surface area (Å²) >= 11 is 0. The third-order valence-electron chi connectivity index (χ3n) is 5.68. The summed E-state index contributed by atoms with van der Waals surface area (Å²) < 4.78 is 0. The minimum atomic E-state index is 0.0886. The maximum absolute atomic E-state index is 12.6. The first-order valence-corrected chi connectivity index (χ1v) is 10.4. The van der Waals surface area contributed by atoms with E-state index in [1.807, 2.05) is 17.0 Å². The molecule has 28 heavy (non-hydrogen) atoms. The highest BCUT2D eigenvalue weighted by Gasteiger charge is 2.21. The van der Waals surface area contributed by atoms with Gasteiger partial charge in [-0.25, -0.2) is 4.98 Å². The average Bonchev–Trinajstić information content (AvgIpc) is 2.71. The Morgan fingerprint density at radius 1 is 1.18 bits per heavy atom. The fraction of sp³-hybridized carbons (Fsp3) is 0.478. The van der Waals surface area contributed by atoms with Crippen LogP contribution in [0, 0.1) is 12.8 Å². The molecule has 1 aliphatic rings. The fourth-order valence-corrected chi connectivity index (χ4v) is 3.70. The van der Waals surface area contributed by atoms with E-state index in [4.69, 9.17) is 0 Å². The summed E-state index contributed by atoms with van der Waals surface area (Å²) in [4.78, 5) is 21.4. The summed E-state index contributed by atoms with van der Waals surface area (Å²) in [6.45, 7) is 12.4. The molecule has 1 aromatic heterocycles. The van der Waals surface area contributed by atoms with Crippen LogP contribution in [0.3, 0.4) is 0 Å². The molecule has 1 saturated heterocycles. The van der Waals surface area contributed by atoms with Crippen molar-refractivity contribution in [3.8, 4) is 0 Å². The van der Waals surface area contributed by atoms with Gasteiger partial charge in [-0.05, 0) is 75.4 Å².